The largest absolute Gasteiger partial charge is 0.235 e. The summed E-state index contributed by atoms with van der Waals surface area (Å²) in [6.45, 7) is 13.4. The molecule has 18 heavy (non-hydrogen) atoms. The summed E-state index contributed by atoms with van der Waals surface area (Å²) in [4.78, 5) is 14.8. The maximum atomic E-state index is 10.7. The molecule has 1 aliphatic carbocycles. The van der Waals surface area contributed by atoms with Crippen LogP contribution < -0.4 is 0 Å². The molecule has 0 spiro atoms. The number of allylic oxidation sites excluding steroid dienone is 1. The van der Waals surface area contributed by atoms with Crippen LogP contribution >= 0.6 is 0 Å². The van der Waals surface area contributed by atoms with E-state index >= 15 is 0 Å². The summed E-state index contributed by atoms with van der Waals surface area (Å²) in [5.41, 5.74) is 1.53. The van der Waals surface area contributed by atoms with E-state index in [1.165, 1.54) is 5.57 Å². The van der Waals surface area contributed by atoms with Crippen molar-refractivity contribution in [3.8, 4) is 0 Å². The molecule has 0 saturated carbocycles. The summed E-state index contributed by atoms with van der Waals surface area (Å²) in [6, 6.07) is 0.116. The van der Waals surface area contributed by atoms with E-state index in [1.807, 2.05) is 0 Å². The Labute approximate surface area is 112 Å². The Morgan fingerprint density at radius 1 is 1.17 bits per heavy atom. The normalized spacial score (nSPS) is 28.5. The minimum atomic E-state index is 0.116. The molecule has 0 heterocycles. The van der Waals surface area contributed by atoms with E-state index in [0.717, 1.165) is 6.42 Å². The van der Waals surface area contributed by atoms with Crippen LogP contribution in [0.1, 0.15) is 48.0 Å². The number of hydrogen-bond donors (Lipinski definition) is 0. The molecule has 0 bridgehead atoms. The number of hydrogen-bond acceptors (Lipinski definition) is 2. The molecule has 0 aromatic heterocycles. The fourth-order valence-electron chi connectivity index (χ4n) is 2.98. The second-order valence-electron chi connectivity index (χ2n) is 6.54. The Bertz CT molecular complexity index is 348. The van der Waals surface area contributed by atoms with Crippen LogP contribution in [0.5, 0.6) is 0 Å². The van der Waals surface area contributed by atoms with Gasteiger partial charge in [-0.25, -0.2) is 9.79 Å². The average molecular weight is 249 g/mol. The lowest BCUT2D eigenvalue weighted by atomic mass is 9.68. The third kappa shape index (κ3) is 3.32. The van der Waals surface area contributed by atoms with Gasteiger partial charge in [0.05, 0.1) is 6.04 Å². The molecule has 2 nitrogen and oxygen atoms in total. The molecular weight excluding hydrogens is 222 g/mol. The maximum Gasteiger partial charge on any atom is 0.235 e. The van der Waals surface area contributed by atoms with Gasteiger partial charge in [-0.1, -0.05) is 53.2 Å². The number of isocyanates is 1. The summed E-state index contributed by atoms with van der Waals surface area (Å²) < 4.78 is 0. The van der Waals surface area contributed by atoms with Crippen molar-refractivity contribution in [2.75, 3.05) is 0 Å². The van der Waals surface area contributed by atoms with E-state index in [9.17, 15) is 4.79 Å². The first kappa shape index (κ1) is 15.2. The number of carbonyl (C=O) groups excluding carboxylic acids is 1. The van der Waals surface area contributed by atoms with Crippen LogP contribution in [-0.4, -0.2) is 12.1 Å². The Kier molecular flexibility index (Phi) is 5.34. The second kappa shape index (κ2) is 6.33. The highest BCUT2D eigenvalue weighted by Gasteiger charge is 2.36. The van der Waals surface area contributed by atoms with Gasteiger partial charge in [-0.15, -0.1) is 0 Å². The fourth-order valence-corrected chi connectivity index (χ4v) is 2.98. The lowest BCUT2D eigenvalue weighted by Gasteiger charge is -2.39. The van der Waals surface area contributed by atoms with E-state index < -0.39 is 0 Å². The smallest absolute Gasteiger partial charge is 0.211 e. The van der Waals surface area contributed by atoms with Gasteiger partial charge in [-0.05, 0) is 30.1 Å². The molecule has 3 unspecified atom stereocenters. The highest BCUT2D eigenvalue weighted by atomic mass is 16.1. The van der Waals surface area contributed by atoms with Crippen molar-refractivity contribution in [2.24, 2.45) is 34.6 Å². The van der Waals surface area contributed by atoms with Gasteiger partial charge < -0.3 is 0 Å². The van der Waals surface area contributed by atoms with Gasteiger partial charge in [-0.2, -0.15) is 0 Å². The predicted molar refractivity (Wildman–Crippen MR) is 76.1 cm³/mol. The summed E-state index contributed by atoms with van der Waals surface area (Å²) >= 11 is 0. The van der Waals surface area contributed by atoms with Gasteiger partial charge in [0, 0.05) is 5.92 Å². The third-order valence-electron chi connectivity index (χ3n) is 4.28. The standard InChI is InChI=1S/C16H27NO/c1-10(2)13-7-14(11(3)4)16(17-9-18)15(8-13)12(5)6/h7,10-12,14-16H,8H2,1-6H3. The van der Waals surface area contributed by atoms with Crippen molar-refractivity contribution in [3.63, 3.8) is 0 Å². The summed E-state index contributed by atoms with van der Waals surface area (Å²) in [5.74, 6) is 2.51. The first-order chi connectivity index (χ1) is 8.38. The Morgan fingerprint density at radius 3 is 2.17 bits per heavy atom. The predicted octanol–water partition coefficient (Wildman–Crippen LogP) is 4.22. The van der Waals surface area contributed by atoms with Gasteiger partial charge in [0.1, 0.15) is 0 Å². The van der Waals surface area contributed by atoms with E-state index in [2.05, 4.69) is 52.6 Å². The first-order valence-corrected chi connectivity index (χ1v) is 7.16. The van der Waals surface area contributed by atoms with Crippen molar-refractivity contribution >= 4 is 6.08 Å². The van der Waals surface area contributed by atoms with Crippen LogP contribution in [-0.2, 0) is 4.79 Å². The van der Waals surface area contributed by atoms with Crippen LogP contribution in [0.25, 0.3) is 0 Å². The highest BCUT2D eigenvalue weighted by Crippen LogP contribution is 2.40. The SMILES string of the molecule is CC(C)C1=CC(C(C)C)C(N=C=O)C(C(C)C)C1. The molecule has 0 amide bonds. The van der Waals surface area contributed by atoms with E-state index in [-0.39, 0.29) is 6.04 Å². The number of nitrogens with zero attached hydrogens (tertiary/aromatic N) is 1. The summed E-state index contributed by atoms with van der Waals surface area (Å²) in [7, 11) is 0. The lowest BCUT2D eigenvalue weighted by Crippen LogP contribution is -2.37. The number of aliphatic imine (C=N–C) groups is 1. The van der Waals surface area contributed by atoms with Crippen LogP contribution in [0.3, 0.4) is 0 Å². The zero-order valence-electron chi connectivity index (χ0n) is 12.6. The van der Waals surface area contributed by atoms with Gasteiger partial charge >= 0.3 is 0 Å². The maximum absolute atomic E-state index is 10.7. The minimum absolute atomic E-state index is 0.116. The van der Waals surface area contributed by atoms with Crippen molar-refractivity contribution in [3.05, 3.63) is 11.6 Å². The van der Waals surface area contributed by atoms with Gasteiger partial charge in [-0.3, -0.25) is 0 Å². The monoisotopic (exact) mass is 249 g/mol. The topological polar surface area (TPSA) is 29.4 Å². The van der Waals surface area contributed by atoms with Crippen molar-refractivity contribution in [1.82, 2.24) is 0 Å². The molecule has 0 aromatic rings. The first-order valence-electron chi connectivity index (χ1n) is 7.16. The fraction of sp³-hybridized carbons (Fsp3) is 0.812. The summed E-state index contributed by atoms with van der Waals surface area (Å²) in [5, 5.41) is 0. The molecule has 0 aromatic carbocycles. The highest BCUT2D eigenvalue weighted by molar-refractivity contribution is 5.35. The average Bonchev–Trinajstić information content (AvgIpc) is 2.28. The molecule has 0 aliphatic heterocycles. The second-order valence-corrected chi connectivity index (χ2v) is 6.54. The van der Waals surface area contributed by atoms with Crippen LogP contribution in [0, 0.1) is 29.6 Å². The van der Waals surface area contributed by atoms with Crippen molar-refractivity contribution < 1.29 is 4.79 Å². The Hall–Kier alpha value is -0.880. The van der Waals surface area contributed by atoms with Gasteiger partial charge in [0.15, 0.2) is 0 Å². The molecule has 1 aliphatic rings. The zero-order chi connectivity index (χ0) is 13.9. The number of rotatable bonds is 4. The van der Waals surface area contributed by atoms with Gasteiger partial charge in [0.25, 0.3) is 0 Å². The molecular formula is C16H27NO. The van der Waals surface area contributed by atoms with Crippen LogP contribution in [0.4, 0.5) is 0 Å². The Morgan fingerprint density at radius 2 is 1.78 bits per heavy atom. The third-order valence-corrected chi connectivity index (χ3v) is 4.28. The molecule has 2 heteroatoms. The Balaban J connectivity index is 3.15. The molecule has 102 valence electrons. The lowest BCUT2D eigenvalue weighted by molar-refractivity contribution is 0.218. The molecule has 0 saturated heterocycles. The van der Waals surface area contributed by atoms with E-state index in [0.29, 0.717) is 29.6 Å². The molecule has 0 N–H and O–H groups in total. The van der Waals surface area contributed by atoms with Crippen LogP contribution in [0.2, 0.25) is 0 Å². The molecule has 0 fully saturated rings. The molecule has 0 radical (unpaired) electrons. The van der Waals surface area contributed by atoms with Gasteiger partial charge in [0.2, 0.25) is 6.08 Å². The van der Waals surface area contributed by atoms with Crippen LogP contribution in [0.15, 0.2) is 16.6 Å². The van der Waals surface area contributed by atoms with Crippen molar-refractivity contribution in [2.45, 2.75) is 54.0 Å². The quantitative estimate of drug-likeness (QED) is 0.416. The molecule has 3 atom stereocenters. The minimum Gasteiger partial charge on any atom is -0.211 e. The van der Waals surface area contributed by atoms with Crippen molar-refractivity contribution in [1.29, 1.82) is 0 Å². The zero-order valence-corrected chi connectivity index (χ0v) is 12.6. The summed E-state index contributed by atoms with van der Waals surface area (Å²) in [6.07, 6.45) is 5.25. The molecule has 1 rings (SSSR count). The van der Waals surface area contributed by atoms with E-state index in [1.54, 1.807) is 6.08 Å². The van der Waals surface area contributed by atoms with E-state index in [4.69, 9.17) is 0 Å².